The fourth-order valence-electron chi connectivity index (χ4n) is 2.94. The van der Waals surface area contributed by atoms with E-state index in [0.29, 0.717) is 54.1 Å². The summed E-state index contributed by atoms with van der Waals surface area (Å²) in [7, 11) is 4.06. The summed E-state index contributed by atoms with van der Waals surface area (Å²) in [6.45, 7) is 8.24. The number of aromatic nitrogens is 2. The molecule has 6 nitrogen and oxygen atoms in total. The molecule has 0 aliphatic heterocycles. The van der Waals surface area contributed by atoms with Crippen molar-refractivity contribution in [2.75, 3.05) is 27.2 Å². The second-order valence-corrected chi connectivity index (χ2v) is 9.65. The maximum Gasteiger partial charge on any atom is 0.226 e. The van der Waals surface area contributed by atoms with Crippen LogP contribution in [0.15, 0.2) is 22.7 Å². The molecule has 1 amide bonds. The first-order valence-corrected chi connectivity index (χ1v) is 11.0. The molecule has 8 heteroatoms. The average Bonchev–Trinajstić information content (AvgIpc) is 3.13. The Morgan fingerprint density at radius 1 is 1.10 bits per heavy atom. The molecule has 1 aromatic heterocycles. The molecule has 0 aliphatic carbocycles. The molecule has 0 fully saturated rings. The van der Waals surface area contributed by atoms with Gasteiger partial charge >= 0.3 is 0 Å². The van der Waals surface area contributed by atoms with Crippen LogP contribution in [0.25, 0.3) is 0 Å². The van der Waals surface area contributed by atoms with Crippen molar-refractivity contribution in [3.8, 4) is 0 Å². The van der Waals surface area contributed by atoms with Crippen LogP contribution in [0, 0.1) is 0 Å². The molecule has 1 aromatic carbocycles. The Morgan fingerprint density at radius 3 is 2.43 bits per heavy atom. The lowest BCUT2D eigenvalue weighted by molar-refractivity contribution is -0.132. The molecule has 1 heterocycles. The summed E-state index contributed by atoms with van der Waals surface area (Å²) < 4.78 is 5.33. The molecule has 0 N–H and O–H groups in total. The molecule has 0 aliphatic rings. The van der Waals surface area contributed by atoms with Crippen LogP contribution in [0.5, 0.6) is 0 Å². The van der Waals surface area contributed by atoms with Crippen molar-refractivity contribution in [3.05, 3.63) is 45.5 Å². The van der Waals surface area contributed by atoms with Gasteiger partial charge in [-0.3, -0.25) is 4.79 Å². The highest BCUT2D eigenvalue weighted by molar-refractivity contribution is 6.42. The molecule has 0 saturated heterocycles. The van der Waals surface area contributed by atoms with E-state index >= 15 is 0 Å². The highest BCUT2D eigenvalue weighted by atomic mass is 35.5. The van der Waals surface area contributed by atoms with E-state index in [1.165, 1.54) is 0 Å². The summed E-state index contributed by atoms with van der Waals surface area (Å²) in [4.78, 5) is 21.4. The maximum absolute atomic E-state index is 12.9. The lowest BCUT2D eigenvalue weighted by atomic mass is 9.96. The summed E-state index contributed by atoms with van der Waals surface area (Å²) in [5, 5.41) is 5.05. The number of rotatable bonds is 10. The van der Waals surface area contributed by atoms with Crippen LogP contribution in [0.2, 0.25) is 10.0 Å². The maximum atomic E-state index is 12.9. The normalized spacial score (nSPS) is 11.9. The van der Waals surface area contributed by atoms with Crippen LogP contribution in [0.3, 0.4) is 0 Å². The summed E-state index contributed by atoms with van der Waals surface area (Å²) >= 11 is 12.2. The van der Waals surface area contributed by atoms with Gasteiger partial charge in [0.15, 0.2) is 5.82 Å². The second kappa shape index (κ2) is 11.1. The smallest absolute Gasteiger partial charge is 0.226 e. The second-order valence-electron chi connectivity index (χ2n) is 8.84. The average molecular weight is 455 g/mol. The van der Waals surface area contributed by atoms with Gasteiger partial charge in [-0.15, -0.1) is 0 Å². The summed E-state index contributed by atoms with van der Waals surface area (Å²) in [5.41, 5.74) is 0.815. The Kier molecular flexibility index (Phi) is 9.13. The predicted octanol–water partition coefficient (Wildman–Crippen LogP) is 4.98. The van der Waals surface area contributed by atoms with Crippen molar-refractivity contribution >= 4 is 29.1 Å². The molecule has 30 heavy (non-hydrogen) atoms. The Balaban J connectivity index is 1.95. The fraction of sp³-hybridized carbons (Fsp3) is 0.591. The van der Waals surface area contributed by atoms with Gasteiger partial charge in [0.25, 0.3) is 0 Å². The fourth-order valence-corrected chi connectivity index (χ4v) is 3.26. The summed E-state index contributed by atoms with van der Waals surface area (Å²) in [6, 6.07) is 5.50. The van der Waals surface area contributed by atoms with Crippen molar-refractivity contribution < 1.29 is 9.32 Å². The number of hydrogen-bond acceptors (Lipinski definition) is 5. The molecule has 2 aromatic rings. The topological polar surface area (TPSA) is 62.5 Å². The zero-order valence-electron chi connectivity index (χ0n) is 18.5. The van der Waals surface area contributed by atoms with E-state index < -0.39 is 0 Å². The molecule has 0 radical (unpaired) electrons. The van der Waals surface area contributed by atoms with Crippen molar-refractivity contribution in [1.82, 2.24) is 19.9 Å². The molecule has 166 valence electrons. The van der Waals surface area contributed by atoms with Crippen LogP contribution < -0.4 is 0 Å². The van der Waals surface area contributed by atoms with Gasteiger partial charge in [-0.1, -0.05) is 55.2 Å². The number of carbonyl (C=O) groups is 1. The Morgan fingerprint density at radius 2 is 1.83 bits per heavy atom. The third-order valence-electron chi connectivity index (χ3n) is 4.66. The van der Waals surface area contributed by atoms with E-state index in [9.17, 15) is 4.79 Å². The third-order valence-corrected chi connectivity index (χ3v) is 5.40. The number of nitrogens with zero attached hydrogens (tertiary/aromatic N) is 4. The van der Waals surface area contributed by atoms with Gasteiger partial charge in [0, 0.05) is 31.3 Å². The van der Waals surface area contributed by atoms with E-state index in [1.54, 1.807) is 6.07 Å². The largest absolute Gasteiger partial charge is 0.339 e. The highest BCUT2D eigenvalue weighted by Gasteiger charge is 2.21. The van der Waals surface area contributed by atoms with E-state index in [2.05, 4.69) is 15.0 Å². The molecular formula is C22H32Cl2N4O2. The van der Waals surface area contributed by atoms with Crippen molar-refractivity contribution in [2.45, 2.75) is 58.4 Å². The monoisotopic (exact) mass is 454 g/mol. The number of benzene rings is 1. The van der Waals surface area contributed by atoms with Gasteiger partial charge < -0.3 is 14.3 Å². The van der Waals surface area contributed by atoms with E-state index in [4.69, 9.17) is 27.7 Å². The van der Waals surface area contributed by atoms with Crippen molar-refractivity contribution in [2.24, 2.45) is 0 Å². The van der Waals surface area contributed by atoms with Gasteiger partial charge in [-0.05, 0) is 51.2 Å². The number of aryl methyl sites for hydroxylation is 1. The minimum atomic E-state index is -0.152. The molecule has 0 saturated carbocycles. The number of amides is 1. The van der Waals surface area contributed by atoms with Crippen molar-refractivity contribution in [3.63, 3.8) is 0 Å². The lowest BCUT2D eigenvalue weighted by Crippen LogP contribution is -2.33. The molecule has 0 atom stereocenters. The van der Waals surface area contributed by atoms with E-state index in [0.717, 1.165) is 18.5 Å². The molecule has 0 bridgehead atoms. The van der Waals surface area contributed by atoms with Crippen LogP contribution >= 0.6 is 23.2 Å². The zero-order chi connectivity index (χ0) is 22.3. The van der Waals surface area contributed by atoms with Gasteiger partial charge in [0.1, 0.15) is 0 Å². The van der Waals surface area contributed by atoms with Gasteiger partial charge in [-0.2, -0.15) is 4.98 Å². The Bertz CT molecular complexity index is 831. The summed E-state index contributed by atoms with van der Waals surface area (Å²) in [6.07, 6.45) is 2.58. The number of carbonyl (C=O) groups excluding carboxylic acids is 1. The highest BCUT2D eigenvalue weighted by Crippen LogP contribution is 2.24. The lowest BCUT2D eigenvalue weighted by Gasteiger charge is -2.24. The van der Waals surface area contributed by atoms with Crippen molar-refractivity contribution in [1.29, 1.82) is 0 Å². The third kappa shape index (κ3) is 7.89. The van der Waals surface area contributed by atoms with Crippen LogP contribution in [0.4, 0.5) is 0 Å². The Labute approximate surface area is 189 Å². The number of hydrogen-bond donors (Lipinski definition) is 0. The van der Waals surface area contributed by atoms with E-state index in [1.807, 2.05) is 51.9 Å². The van der Waals surface area contributed by atoms with Crippen LogP contribution in [-0.4, -0.2) is 53.0 Å². The SMILES string of the molecule is CN(C)CCCN(Cc1ccc(Cl)c(Cl)c1)C(=O)CCCc1nc(C(C)(C)C)no1. The molecule has 0 spiro atoms. The predicted molar refractivity (Wildman–Crippen MR) is 121 cm³/mol. The minimum Gasteiger partial charge on any atom is -0.339 e. The molecule has 2 rings (SSSR count). The first-order valence-electron chi connectivity index (χ1n) is 10.3. The standard InChI is InChI=1S/C22H32Cl2N4O2/c1-22(2,3)21-25-19(30-26-21)8-6-9-20(29)28(13-7-12-27(4)5)15-16-10-11-17(23)18(24)14-16/h10-11,14H,6-9,12-13,15H2,1-5H3. The Hall–Kier alpha value is -1.63. The van der Waals surface area contributed by atoms with Crippen LogP contribution in [0.1, 0.15) is 57.3 Å². The molecular weight excluding hydrogens is 423 g/mol. The van der Waals surface area contributed by atoms with E-state index in [-0.39, 0.29) is 11.3 Å². The quantitative estimate of drug-likeness (QED) is 0.506. The first-order chi connectivity index (χ1) is 14.1. The number of halogens is 2. The van der Waals surface area contributed by atoms with Gasteiger partial charge in [0.2, 0.25) is 11.8 Å². The zero-order valence-corrected chi connectivity index (χ0v) is 20.1. The summed E-state index contributed by atoms with van der Waals surface area (Å²) in [5.74, 6) is 1.38. The van der Waals surface area contributed by atoms with Gasteiger partial charge in [-0.25, -0.2) is 0 Å². The first kappa shape index (κ1) is 24.6. The minimum absolute atomic E-state index is 0.107. The van der Waals surface area contributed by atoms with Gasteiger partial charge in [0.05, 0.1) is 10.0 Å². The van der Waals surface area contributed by atoms with Crippen LogP contribution in [-0.2, 0) is 23.2 Å². The molecule has 0 unspecified atom stereocenters.